The molecule has 3 rings (SSSR count). The molecule has 0 spiro atoms. The molecule has 0 aromatic rings. The fraction of sp³-hybridized carbons (Fsp3) is 0.857. The molecule has 0 aromatic heterocycles. The Hall–Kier alpha value is -1.43. The summed E-state index contributed by atoms with van der Waals surface area (Å²) in [6, 6.07) is 0. The number of aliphatic hydroxyl groups is 4. The van der Waals surface area contributed by atoms with Gasteiger partial charge in [-0.25, -0.2) is 0 Å². The fourth-order valence-corrected chi connectivity index (χ4v) is 5.08. The van der Waals surface area contributed by atoms with E-state index >= 15 is 0 Å². The predicted molar refractivity (Wildman–Crippen MR) is 105 cm³/mol. The van der Waals surface area contributed by atoms with Gasteiger partial charge in [0.25, 0.3) is 0 Å². The van der Waals surface area contributed by atoms with Gasteiger partial charge in [0.15, 0.2) is 6.29 Å². The van der Waals surface area contributed by atoms with Crippen LogP contribution in [0.3, 0.4) is 0 Å². The van der Waals surface area contributed by atoms with Crippen LogP contribution in [0.25, 0.3) is 0 Å². The Morgan fingerprint density at radius 1 is 1.03 bits per heavy atom. The predicted octanol–water partition coefficient (Wildman–Crippen LogP) is -1.13. The van der Waals surface area contributed by atoms with E-state index in [4.69, 9.17) is 9.47 Å². The maximum absolute atomic E-state index is 13.0. The van der Waals surface area contributed by atoms with E-state index in [1.807, 2.05) is 13.8 Å². The maximum atomic E-state index is 13.0. The van der Waals surface area contributed by atoms with Gasteiger partial charge in [0.2, 0.25) is 11.8 Å². The van der Waals surface area contributed by atoms with Crippen molar-refractivity contribution in [1.29, 1.82) is 0 Å². The summed E-state index contributed by atoms with van der Waals surface area (Å²) in [7, 11) is 0. The monoisotopic (exact) mass is 443 g/mol. The Kier molecular flexibility index (Phi) is 7.82. The molecule has 0 radical (unpaired) electrons. The highest BCUT2D eigenvalue weighted by Crippen LogP contribution is 2.37. The van der Waals surface area contributed by atoms with Crippen LogP contribution in [0.4, 0.5) is 0 Å². The van der Waals surface area contributed by atoms with Gasteiger partial charge < -0.3 is 29.9 Å². The number of Topliss-reactive ketones (excluding diaryl/α,β-unsaturated/α-hetero) is 1. The molecular formula is C21H33NO9. The van der Waals surface area contributed by atoms with Gasteiger partial charge in [0.1, 0.15) is 30.2 Å². The highest BCUT2D eigenvalue weighted by atomic mass is 16.7. The first kappa shape index (κ1) is 24.2. The number of nitrogens with one attached hydrogen (secondary N) is 1. The largest absolute Gasteiger partial charge is 0.394 e. The number of hydrogen-bond donors (Lipinski definition) is 5. The van der Waals surface area contributed by atoms with Crippen LogP contribution in [-0.4, -0.2) is 81.4 Å². The first-order valence-electron chi connectivity index (χ1n) is 10.9. The molecule has 1 aliphatic carbocycles. The van der Waals surface area contributed by atoms with Gasteiger partial charge in [-0.05, 0) is 31.1 Å². The molecule has 1 saturated carbocycles. The normalized spacial score (nSPS) is 41.2. The van der Waals surface area contributed by atoms with Gasteiger partial charge in [-0.2, -0.15) is 0 Å². The summed E-state index contributed by atoms with van der Waals surface area (Å²) in [6.07, 6.45) is -6.21. The van der Waals surface area contributed by atoms with Crippen molar-refractivity contribution in [3.63, 3.8) is 0 Å². The second-order valence-electron chi connectivity index (χ2n) is 9.34. The molecule has 176 valence electrons. The molecule has 31 heavy (non-hydrogen) atoms. The lowest BCUT2D eigenvalue weighted by Gasteiger charge is -2.43. The average molecular weight is 443 g/mol. The zero-order valence-electron chi connectivity index (χ0n) is 17.8. The quantitative estimate of drug-likeness (QED) is 0.320. The van der Waals surface area contributed by atoms with E-state index in [1.165, 1.54) is 0 Å². The van der Waals surface area contributed by atoms with E-state index in [1.54, 1.807) is 0 Å². The van der Waals surface area contributed by atoms with Crippen molar-refractivity contribution in [1.82, 2.24) is 5.32 Å². The number of amides is 2. The molecule has 2 amide bonds. The van der Waals surface area contributed by atoms with Crippen LogP contribution in [0.5, 0.6) is 0 Å². The molecule has 0 aromatic carbocycles. The van der Waals surface area contributed by atoms with Gasteiger partial charge in [-0.1, -0.05) is 13.8 Å². The number of ether oxygens (including phenoxy) is 2. The van der Waals surface area contributed by atoms with Crippen LogP contribution in [0, 0.1) is 23.7 Å². The Balaban J connectivity index is 1.82. The summed E-state index contributed by atoms with van der Waals surface area (Å²) in [6.45, 7) is 3.30. The summed E-state index contributed by atoms with van der Waals surface area (Å²) in [5, 5.41) is 42.2. The summed E-state index contributed by atoms with van der Waals surface area (Å²) in [5.41, 5.74) is 0. The third-order valence-electron chi connectivity index (χ3n) is 6.66. The van der Waals surface area contributed by atoms with Crippen molar-refractivity contribution in [2.45, 2.75) is 82.8 Å². The van der Waals surface area contributed by atoms with Crippen LogP contribution in [0.15, 0.2) is 0 Å². The number of aliphatic hydroxyl groups excluding tert-OH is 4. The van der Waals surface area contributed by atoms with E-state index < -0.39 is 49.3 Å². The maximum Gasteiger partial charge on any atom is 0.226 e. The number of carbonyl (C=O) groups excluding carboxylic acids is 3. The summed E-state index contributed by atoms with van der Waals surface area (Å²) in [5.74, 6) is -1.53. The molecular weight excluding hydrogens is 410 g/mol. The number of piperidine rings is 1. The lowest BCUT2D eigenvalue weighted by molar-refractivity contribution is -0.315. The van der Waals surface area contributed by atoms with Crippen molar-refractivity contribution in [2.24, 2.45) is 23.7 Å². The molecule has 10 nitrogen and oxygen atoms in total. The highest BCUT2D eigenvalue weighted by molar-refractivity contribution is 5.97. The Bertz CT molecular complexity index is 668. The summed E-state index contributed by atoms with van der Waals surface area (Å²) >= 11 is 0. The van der Waals surface area contributed by atoms with Crippen LogP contribution in [0.1, 0.15) is 46.0 Å². The zero-order chi connectivity index (χ0) is 22.9. The Labute approximate surface area is 180 Å². The standard InChI is InChI=1S/C21H33NO9/c1-9-3-10(2)17(26)12(4-9)13(5-11-6-15(24)22-16(25)7-11)30-21-20(29)19(28)18(27)14(8-23)31-21/h9-14,18-21,23,27-29H,3-8H2,1-2H3,(H,22,24,25)/t9-,10-,12-,13+,14+,18+,19-,20+,21-/m0/s1. The van der Waals surface area contributed by atoms with Crippen LogP contribution in [-0.2, 0) is 23.9 Å². The van der Waals surface area contributed by atoms with Crippen molar-refractivity contribution >= 4 is 17.6 Å². The van der Waals surface area contributed by atoms with E-state index in [2.05, 4.69) is 5.32 Å². The Morgan fingerprint density at radius 3 is 2.29 bits per heavy atom. The molecule has 0 unspecified atom stereocenters. The number of hydrogen-bond acceptors (Lipinski definition) is 9. The smallest absolute Gasteiger partial charge is 0.226 e. The molecule has 3 fully saturated rings. The van der Waals surface area contributed by atoms with Gasteiger partial charge in [0.05, 0.1) is 12.7 Å². The SMILES string of the molecule is C[C@@H]1C[C@@H]([C@@H](CC2CC(=O)NC(=O)C2)O[C@H]2O[C@H](CO)[C@@H](O)[C@H](O)[C@H]2O)C(=O)[C@@H](C)C1. The van der Waals surface area contributed by atoms with Crippen LogP contribution < -0.4 is 5.32 Å². The topological polar surface area (TPSA) is 163 Å². The molecule has 2 saturated heterocycles. The van der Waals surface area contributed by atoms with Crippen molar-refractivity contribution in [3.05, 3.63) is 0 Å². The second-order valence-corrected chi connectivity index (χ2v) is 9.34. The lowest BCUT2D eigenvalue weighted by atomic mass is 9.71. The second kappa shape index (κ2) is 10.0. The Morgan fingerprint density at radius 2 is 1.68 bits per heavy atom. The summed E-state index contributed by atoms with van der Waals surface area (Å²) < 4.78 is 11.5. The zero-order valence-corrected chi connectivity index (χ0v) is 17.8. The number of carbonyl (C=O) groups is 3. The number of imide groups is 1. The molecule has 3 aliphatic rings. The molecule has 0 bridgehead atoms. The molecule has 10 heteroatoms. The first-order chi connectivity index (χ1) is 14.6. The van der Waals surface area contributed by atoms with E-state index in [0.717, 1.165) is 6.42 Å². The van der Waals surface area contributed by atoms with E-state index in [-0.39, 0.29) is 54.6 Å². The lowest BCUT2D eigenvalue weighted by Crippen LogP contribution is -2.60. The third kappa shape index (κ3) is 5.50. The molecule has 2 heterocycles. The van der Waals surface area contributed by atoms with E-state index in [9.17, 15) is 34.8 Å². The highest BCUT2D eigenvalue weighted by Gasteiger charge is 2.47. The molecule has 2 aliphatic heterocycles. The van der Waals surface area contributed by atoms with Gasteiger partial charge in [-0.3, -0.25) is 19.7 Å². The fourth-order valence-electron chi connectivity index (χ4n) is 5.08. The van der Waals surface area contributed by atoms with E-state index in [0.29, 0.717) is 6.42 Å². The van der Waals surface area contributed by atoms with Crippen molar-refractivity contribution < 1.29 is 44.3 Å². The summed E-state index contributed by atoms with van der Waals surface area (Å²) in [4.78, 5) is 36.6. The average Bonchev–Trinajstić information content (AvgIpc) is 2.69. The number of ketones is 1. The minimum absolute atomic E-state index is 0.0132. The van der Waals surface area contributed by atoms with Gasteiger partial charge in [-0.15, -0.1) is 0 Å². The number of rotatable bonds is 6. The van der Waals surface area contributed by atoms with Crippen LogP contribution in [0.2, 0.25) is 0 Å². The minimum atomic E-state index is -1.60. The minimum Gasteiger partial charge on any atom is -0.394 e. The molecule has 9 atom stereocenters. The molecule has 5 N–H and O–H groups in total. The van der Waals surface area contributed by atoms with Gasteiger partial charge >= 0.3 is 0 Å². The first-order valence-corrected chi connectivity index (χ1v) is 10.9. The van der Waals surface area contributed by atoms with Crippen LogP contribution >= 0.6 is 0 Å². The third-order valence-corrected chi connectivity index (χ3v) is 6.66. The van der Waals surface area contributed by atoms with Crippen molar-refractivity contribution in [2.75, 3.05) is 6.61 Å². The van der Waals surface area contributed by atoms with Gasteiger partial charge in [0, 0.05) is 24.7 Å². The van der Waals surface area contributed by atoms with Crippen molar-refractivity contribution in [3.8, 4) is 0 Å².